The summed E-state index contributed by atoms with van der Waals surface area (Å²) in [4.78, 5) is 22.9. The fourth-order valence-electron chi connectivity index (χ4n) is 2.30. The van der Waals surface area contributed by atoms with Crippen molar-refractivity contribution in [1.29, 1.82) is 0 Å². The van der Waals surface area contributed by atoms with Gasteiger partial charge in [-0.25, -0.2) is 0 Å². The molecule has 114 valence electrons. The predicted octanol–water partition coefficient (Wildman–Crippen LogP) is 1.94. The lowest BCUT2D eigenvalue weighted by Crippen LogP contribution is -2.52. The fraction of sp³-hybridized carbons (Fsp3) is 0.500. The van der Waals surface area contributed by atoms with Crippen molar-refractivity contribution in [3.05, 3.63) is 34.4 Å². The molecule has 2 unspecified atom stereocenters. The number of carbonyl (C=O) groups excluding carboxylic acids is 1. The molecule has 0 radical (unpaired) electrons. The van der Waals surface area contributed by atoms with Crippen LogP contribution in [0.5, 0.6) is 0 Å². The van der Waals surface area contributed by atoms with E-state index in [0.717, 1.165) is 24.3 Å². The van der Waals surface area contributed by atoms with E-state index in [1.54, 1.807) is 12.1 Å². The predicted molar refractivity (Wildman–Crippen MR) is 82.4 cm³/mol. The summed E-state index contributed by atoms with van der Waals surface area (Å²) in [6, 6.07) is 6.72. The van der Waals surface area contributed by atoms with Crippen molar-refractivity contribution < 1.29 is 9.72 Å². The van der Waals surface area contributed by atoms with Crippen LogP contribution in [0.15, 0.2) is 29.2 Å². The first-order valence-electron chi connectivity index (χ1n) is 6.96. The van der Waals surface area contributed by atoms with E-state index >= 15 is 0 Å². The summed E-state index contributed by atoms with van der Waals surface area (Å²) in [5.41, 5.74) is 0.0610. The van der Waals surface area contributed by atoms with Gasteiger partial charge in [-0.15, -0.1) is 11.8 Å². The summed E-state index contributed by atoms with van der Waals surface area (Å²) in [6.45, 7) is 3.08. The van der Waals surface area contributed by atoms with Gasteiger partial charge < -0.3 is 10.6 Å². The van der Waals surface area contributed by atoms with Crippen LogP contribution in [0.25, 0.3) is 0 Å². The van der Waals surface area contributed by atoms with Crippen LogP contribution in [-0.4, -0.2) is 35.2 Å². The number of rotatable bonds is 5. The van der Waals surface area contributed by atoms with E-state index in [9.17, 15) is 14.9 Å². The highest BCUT2D eigenvalue weighted by Crippen LogP contribution is 2.21. The number of benzene rings is 1. The lowest BCUT2D eigenvalue weighted by Gasteiger charge is -2.30. The first-order valence-corrected chi connectivity index (χ1v) is 7.95. The Labute approximate surface area is 127 Å². The lowest BCUT2D eigenvalue weighted by atomic mass is 10.00. The minimum atomic E-state index is -0.432. The molecule has 2 rings (SSSR count). The minimum absolute atomic E-state index is 0.00102. The number of nitrogens with zero attached hydrogens (tertiary/aromatic N) is 1. The summed E-state index contributed by atoms with van der Waals surface area (Å²) in [7, 11) is 0. The van der Waals surface area contributed by atoms with E-state index in [-0.39, 0.29) is 17.6 Å². The largest absolute Gasteiger partial charge is 0.351 e. The summed E-state index contributed by atoms with van der Waals surface area (Å²) in [5.74, 6) is 0.319. The minimum Gasteiger partial charge on any atom is -0.351 e. The molecule has 1 aromatic carbocycles. The third-order valence-corrected chi connectivity index (χ3v) is 4.54. The Bertz CT molecular complexity index is 507. The third kappa shape index (κ3) is 4.71. The summed E-state index contributed by atoms with van der Waals surface area (Å²) in [5, 5.41) is 16.9. The topological polar surface area (TPSA) is 84.3 Å². The summed E-state index contributed by atoms with van der Waals surface area (Å²) in [6.07, 6.45) is 2.08. The van der Waals surface area contributed by atoms with Gasteiger partial charge in [0.05, 0.1) is 10.7 Å². The van der Waals surface area contributed by atoms with Gasteiger partial charge in [-0.1, -0.05) is 0 Å². The Kier molecular flexibility index (Phi) is 5.58. The fourth-order valence-corrected chi connectivity index (χ4v) is 3.01. The number of non-ortho nitro benzene ring substituents is 1. The number of nitrogens with one attached hydrogen (secondary N) is 2. The van der Waals surface area contributed by atoms with Crippen LogP contribution in [0, 0.1) is 10.1 Å². The highest BCUT2D eigenvalue weighted by atomic mass is 32.2. The molecule has 0 spiro atoms. The first kappa shape index (κ1) is 15.8. The number of piperidine rings is 1. The number of nitro groups is 1. The highest BCUT2D eigenvalue weighted by molar-refractivity contribution is 8.00. The van der Waals surface area contributed by atoms with Crippen LogP contribution in [0.4, 0.5) is 5.69 Å². The van der Waals surface area contributed by atoms with Gasteiger partial charge in [-0.05, 0) is 38.4 Å². The molecular formula is C14H19N3O3S. The van der Waals surface area contributed by atoms with E-state index in [1.165, 1.54) is 23.9 Å². The Morgan fingerprint density at radius 2 is 2.19 bits per heavy atom. The molecule has 7 heteroatoms. The van der Waals surface area contributed by atoms with Crippen LogP contribution >= 0.6 is 11.8 Å². The molecule has 0 saturated carbocycles. The highest BCUT2D eigenvalue weighted by Gasteiger charge is 2.22. The smallest absolute Gasteiger partial charge is 0.269 e. The Morgan fingerprint density at radius 1 is 1.48 bits per heavy atom. The second kappa shape index (κ2) is 7.42. The van der Waals surface area contributed by atoms with Crippen molar-refractivity contribution in [2.45, 2.75) is 36.7 Å². The lowest BCUT2D eigenvalue weighted by molar-refractivity contribution is -0.384. The van der Waals surface area contributed by atoms with Crippen LogP contribution in [0.1, 0.15) is 19.8 Å². The molecule has 1 saturated heterocycles. The molecule has 1 fully saturated rings. The monoisotopic (exact) mass is 309 g/mol. The Balaban J connectivity index is 1.79. The van der Waals surface area contributed by atoms with Gasteiger partial charge in [-0.2, -0.15) is 0 Å². The average molecular weight is 309 g/mol. The normalized spacial score (nSPS) is 21.8. The maximum atomic E-state index is 11.9. The first-order chi connectivity index (χ1) is 10.1. The van der Waals surface area contributed by atoms with E-state index in [0.29, 0.717) is 11.8 Å². The molecule has 6 nitrogen and oxygen atoms in total. The zero-order chi connectivity index (χ0) is 15.2. The number of carbonyl (C=O) groups is 1. The second-order valence-corrected chi connectivity index (χ2v) is 6.15. The molecule has 0 bridgehead atoms. The maximum Gasteiger partial charge on any atom is 0.269 e. The van der Waals surface area contributed by atoms with Crippen LogP contribution < -0.4 is 10.6 Å². The standard InChI is InChI=1S/C14H19N3O3S/c1-10-13(3-2-8-15-10)16-14(18)9-21-12-6-4-11(5-7-12)17(19)20/h4-7,10,13,15H,2-3,8-9H2,1H3,(H,16,18). The number of hydrogen-bond acceptors (Lipinski definition) is 5. The third-order valence-electron chi connectivity index (χ3n) is 3.53. The molecule has 1 aliphatic rings. The molecule has 1 amide bonds. The number of amides is 1. The van der Waals surface area contributed by atoms with Crippen LogP contribution in [-0.2, 0) is 4.79 Å². The van der Waals surface area contributed by atoms with E-state index < -0.39 is 4.92 Å². The van der Waals surface area contributed by atoms with Gasteiger partial charge in [0.15, 0.2) is 0 Å². The van der Waals surface area contributed by atoms with Gasteiger partial charge >= 0.3 is 0 Å². The SMILES string of the molecule is CC1NCCCC1NC(=O)CSc1ccc([N+](=O)[O-])cc1. The molecule has 0 aliphatic carbocycles. The van der Waals surface area contributed by atoms with E-state index in [4.69, 9.17) is 0 Å². The summed E-state index contributed by atoms with van der Waals surface area (Å²) < 4.78 is 0. The van der Waals surface area contributed by atoms with Crippen molar-refractivity contribution in [2.24, 2.45) is 0 Å². The number of nitro benzene ring substituents is 1. The maximum absolute atomic E-state index is 11.9. The van der Waals surface area contributed by atoms with Crippen molar-refractivity contribution >= 4 is 23.4 Å². The summed E-state index contributed by atoms with van der Waals surface area (Å²) >= 11 is 1.38. The van der Waals surface area contributed by atoms with E-state index in [2.05, 4.69) is 17.6 Å². The Morgan fingerprint density at radius 3 is 2.81 bits per heavy atom. The van der Waals surface area contributed by atoms with Crippen molar-refractivity contribution in [3.8, 4) is 0 Å². The van der Waals surface area contributed by atoms with Crippen molar-refractivity contribution in [3.63, 3.8) is 0 Å². The molecular weight excluding hydrogens is 290 g/mol. The van der Waals surface area contributed by atoms with Gasteiger partial charge in [0, 0.05) is 29.1 Å². The molecule has 1 aromatic rings. The Hall–Kier alpha value is -1.60. The van der Waals surface area contributed by atoms with Gasteiger partial charge in [0.2, 0.25) is 5.91 Å². The zero-order valence-corrected chi connectivity index (χ0v) is 12.7. The van der Waals surface area contributed by atoms with Crippen molar-refractivity contribution in [1.82, 2.24) is 10.6 Å². The quantitative estimate of drug-likeness (QED) is 0.493. The molecule has 1 heterocycles. The second-order valence-electron chi connectivity index (χ2n) is 5.10. The molecule has 1 aliphatic heterocycles. The number of hydrogen-bond donors (Lipinski definition) is 2. The number of thioether (sulfide) groups is 1. The van der Waals surface area contributed by atoms with Crippen LogP contribution in [0.2, 0.25) is 0 Å². The van der Waals surface area contributed by atoms with Crippen molar-refractivity contribution in [2.75, 3.05) is 12.3 Å². The van der Waals surface area contributed by atoms with Gasteiger partial charge in [-0.3, -0.25) is 14.9 Å². The zero-order valence-electron chi connectivity index (χ0n) is 11.9. The molecule has 21 heavy (non-hydrogen) atoms. The molecule has 2 N–H and O–H groups in total. The van der Waals surface area contributed by atoms with Gasteiger partial charge in [0.1, 0.15) is 0 Å². The molecule has 2 atom stereocenters. The van der Waals surface area contributed by atoms with Crippen LogP contribution in [0.3, 0.4) is 0 Å². The van der Waals surface area contributed by atoms with Gasteiger partial charge in [0.25, 0.3) is 5.69 Å². The molecule has 0 aromatic heterocycles. The average Bonchev–Trinajstić information content (AvgIpc) is 2.48. The van der Waals surface area contributed by atoms with E-state index in [1.807, 2.05) is 0 Å².